The van der Waals surface area contributed by atoms with E-state index in [0.717, 1.165) is 11.0 Å². The van der Waals surface area contributed by atoms with E-state index in [4.69, 9.17) is 4.42 Å². The van der Waals surface area contributed by atoms with Crippen molar-refractivity contribution in [2.45, 2.75) is 6.54 Å². The molecule has 1 N–H and O–H groups in total. The number of carbonyl (C=O) groups excluding carboxylic acids is 1. The summed E-state index contributed by atoms with van der Waals surface area (Å²) in [6.45, 7) is 0.205. The highest BCUT2D eigenvalue weighted by Gasteiger charge is 2.11. The number of benzene rings is 1. The number of aromatic nitrogens is 2. The van der Waals surface area contributed by atoms with Gasteiger partial charge in [-0.3, -0.25) is 13.9 Å². The molecule has 0 aliphatic carbocycles. The topological polar surface area (TPSA) is 93.0 Å². The zero-order valence-electron chi connectivity index (χ0n) is 13.8. The van der Waals surface area contributed by atoms with Crippen LogP contribution in [-0.2, 0) is 25.4 Å². The quantitative estimate of drug-likeness (QED) is 0.579. The van der Waals surface area contributed by atoms with E-state index in [1.54, 1.807) is 49.0 Å². The van der Waals surface area contributed by atoms with Crippen LogP contribution in [-0.4, -0.2) is 15.0 Å². The number of carbonyl (C=O) groups is 1. The second kappa shape index (κ2) is 6.53. The van der Waals surface area contributed by atoms with Crippen molar-refractivity contribution in [1.29, 1.82) is 5.26 Å². The molecule has 0 atom stereocenters. The first kappa shape index (κ1) is 16.3. The fourth-order valence-electron chi connectivity index (χ4n) is 2.60. The predicted molar refractivity (Wildman–Crippen MR) is 92.3 cm³/mol. The lowest BCUT2D eigenvalue weighted by atomic mass is 10.1. The Morgan fingerprint density at radius 3 is 2.72 bits per heavy atom. The predicted octanol–water partition coefficient (Wildman–Crippen LogP) is 1.69. The second-order valence-corrected chi connectivity index (χ2v) is 5.58. The van der Waals surface area contributed by atoms with Gasteiger partial charge in [-0.1, -0.05) is 6.07 Å². The first-order valence-electron chi connectivity index (χ1n) is 7.59. The molecule has 3 aromatic rings. The average molecular weight is 336 g/mol. The summed E-state index contributed by atoms with van der Waals surface area (Å²) in [6.07, 6.45) is 3.01. The summed E-state index contributed by atoms with van der Waals surface area (Å²) in [5.41, 5.74) is 2.03. The molecule has 0 radical (unpaired) electrons. The Hall–Kier alpha value is -3.53. The van der Waals surface area contributed by atoms with Crippen molar-refractivity contribution >= 4 is 23.0 Å². The van der Waals surface area contributed by atoms with Crippen molar-refractivity contribution in [3.05, 3.63) is 64.0 Å². The van der Waals surface area contributed by atoms with Gasteiger partial charge in [-0.05, 0) is 35.9 Å². The van der Waals surface area contributed by atoms with Gasteiger partial charge in [-0.15, -0.1) is 0 Å². The van der Waals surface area contributed by atoms with Gasteiger partial charge in [0.25, 0.3) is 5.91 Å². The van der Waals surface area contributed by atoms with E-state index in [-0.39, 0.29) is 17.8 Å². The number of fused-ring (bicyclic) bond motifs is 1. The highest BCUT2D eigenvalue weighted by Crippen LogP contribution is 2.16. The number of amides is 1. The number of imidazole rings is 1. The number of aryl methyl sites for hydroxylation is 2. The smallest absolute Gasteiger partial charge is 0.328 e. The van der Waals surface area contributed by atoms with Gasteiger partial charge in [0.05, 0.1) is 23.8 Å². The largest absolute Gasteiger partial charge is 0.467 e. The van der Waals surface area contributed by atoms with Crippen LogP contribution in [0.4, 0.5) is 0 Å². The van der Waals surface area contributed by atoms with Crippen molar-refractivity contribution < 1.29 is 9.21 Å². The average Bonchev–Trinajstić information content (AvgIpc) is 3.21. The monoisotopic (exact) mass is 336 g/mol. The number of rotatable bonds is 4. The SMILES string of the molecule is Cn1c(=O)n(C)c2cc(/C=C(\C#N)C(=O)NCc3ccco3)ccc21. The van der Waals surface area contributed by atoms with Gasteiger partial charge in [0.2, 0.25) is 0 Å². The van der Waals surface area contributed by atoms with Gasteiger partial charge in [-0.25, -0.2) is 4.79 Å². The van der Waals surface area contributed by atoms with Crippen LogP contribution < -0.4 is 11.0 Å². The van der Waals surface area contributed by atoms with Gasteiger partial charge in [-0.2, -0.15) is 5.26 Å². The minimum atomic E-state index is -0.485. The zero-order chi connectivity index (χ0) is 18.0. The maximum absolute atomic E-state index is 12.2. The molecular weight excluding hydrogens is 320 g/mol. The first-order valence-corrected chi connectivity index (χ1v) is 7.59. The van der Waals surface area contributed by atoms with Gasteiger partial charge < -0.3 is 9.73 Å². The van der Waals surface area contributed by atoms with E-state index in [2.05, 4.69) is 5.32 Å². The van der Waals surface area contributed by atoms with Crippen LogP contribution in [0.25, 0.3) is 17.1 Å². The molecule has 25 heavy (non-hydrogen) atoms. The Morgan fingerprint density at radius 2 is 2.04 bits per heavy atom. The fraction of sp³-hybridized carbons (Fsp3) is 0.167. The third-order valence-electron chi connectivity index (χ3n) is 3.98. The number of furan rings is 1. The number of nitrogens with one attached hydrogen (secondary N) is 1. The molecule has 2 heterocycles. The molecule has 0 unspecified atom stereocenters. The summed E-state index contributed by atoms with van der Waals surface area (Å²) in [5, 5.41) is 11.9. The highest BCUT2D eigenvalue weighted by molar-refractivity contribution is 6.01. The van der Waals surface area contributed by atoms with E-state index in [9.17, 15) is 14.9 Å². The van der Waals surface area contributed by atoms with Crippen molar-refractivity contribution in [2.75, 3.05) is 0 Å². The lowest BCUT2D eigenvalue weighted by Gasteiger charge is -2.03. The van der Waals surface area contributed by atoms with E-state index >= 15 is 0 Å². The molecular formula is C18H16N4O3. The maximum atomic E-state index is 12.2. The van der Waals surface area contributed by atoms with Crippen LogP contribution in [0.3, 0.4) is 0 Å². The summed E-state index contributed by atoms with van der Waals surface area (Å²) in [4.78, 5) is 24.1. The molecule has 0 bridgehead atoms. The van der Waals surface area contributed by atoms with Crippen molar-refractivity contribution in [1.82, 2.24) is 14.5 Å². The minimum absolute atomic E-state index is 0.0214. The Labute approximate surface area is 143 Å². The highest BCUT2D eigenvalue weighted by atomic mass is 16.3. The van der Waals surface area contributed by atoms with Crippen LogP contribution >= 0.6 is 0 Å². The number of nitrogens with zero attached hydrogens (tertiary/aromatic N) is 3. The van der Waals surface area contributed by atoms with Gasteiger partial charge in [0, 0.05) is 14.1 Å². The Morgan fingerprint density at radius 1 is 1.28 bits per heavy atom. The third kappa shape index (κ3) is 3.10. The molecule has 0 aliphatic rings. The molecule has 7 nitrogen and oxygen atoms in total. The van der Waals surface area contributed by atoms with E-state index in [0.29, 0.717) is 11.3 Å². The van der Waals surface area contributed by atoms with Crippen LogP contribution in [0.15, 0.2) is 51.4 Å². The van der Waals surface area contributed by atoms with Crippen LogP contribution in [0, 0.1) is 11.3 Å². The normalized spacial score (nSPS) is 11.5. The first-order chi connectivity index (χ1) is 12.0. The molecule has 0 spiro atoms. The lowest BCUT2D eigenvalue weighted by Crippen LogP contribution is -2.23. The van der Waals surface area contributed by atoms with E-state index < -0.39 is 5.91 Å². The molecule has 1 aromatic carbocycles. The summed E-state index contributed by atoms with van der Waals surface area (Å²) in [5.74, 6) is 0.118. The lowest BCUT2D eigenvalue weighted by molar-refractivity contribution is -0.117. The molecule has 0 aliphatic heterocycles. The van der Waals surface area contributed by atoms with Crippen molar-refractivity contribution in [3.63, 3.8) is 0 Å². The summed E-state index contributed by atoms with van der Waals surface area (Å²) in [6, 6.07) is 10.7. The van der Waals surface area contributed by atoms with Crippen LogP contribution in [0.2, 0.25) is 0 Å². The van der Waals surface area contributed by atoms with E-state index in [1.165, 1.54) is 16.9 Å². The number of nitriles is 1. The molecule has 3 rings (SSSR count). The molecule has 0 fully saturated rings. The number of hydrogen-bond donors (Lipinski definition) is 1. The summed E-state index contributed by atoms with van der Waals surface area (Å²) >= 11 is 0. The maximum Gasteiger partial charge on any atom is 0.328 e. The molecule has 7 heteroatoms. The van der Waals surface area contributed by atoms with Crippen LogP contribution in [0.1, 0.15) is 11.3 Å². The second-order valence-electron chi connectivity index (χ2n) is 5.58. The number of hydrogen-bond acceptors (Lipinski definition) is 4. The Kier molecular flexibility index (Phi) is 4.27. The van der Waals surface area contributed by atoms with Crippen LogP contribution in [0.5, 0.6) is 0 Å². The van der Waals surface area contributed by atoms with Gasteiger partial charge in [0.1, 0.15) is 17.4 Å². The zero-order valence-corrected chi connectivity index (χ0v) is 13.8. The summed E-state index contributed by atoms with van der Waals surface area (Å²) in [7, 11) is 3.38. The molecule has 0 saturated heterocycles. The van der Waals surface area contributed by atoms with E-state index in [1.807, 2.05) is 6.07 Å². The minimum Gasteiger partial charge on any atom is -0.467 e. The molecule has 126 valence electrons. The van der Waals surface area contributed by atoms with Crippen molar-refractivity contribution in [2.24, 2.45) is 14.1 Å². The molecule has 0 saturated carbocycles. The Balaban J connectivity index is 1.88. The summed E-state index contributed by atoms with van der Waals surface area (Å²) < 4.78 is 8.21. The Bertz CT molecular complexity index is 1060. The van der Waals surface area contributed by atoms with Crippen molar-refractivity contribution in [3.8, 4) is 6.07 Å². The molecule has 2 aromatic heterocycles. The standard InChI is InChI=1S/C18H16N4O3/c1-21-15-6-5-12(9-16(15)22(2)18(21)24)8-13(10-19)17(23)20-11-14-4-3-7-25-14/h3-9H,11H2,1-2H3,(H,20,23)/b13-8+. The molecule has 1 amide bonds. The third-order valence-corrected chi connectivity index (χ3v) is 3.98. The van der Waals surface area contributed by atoms with Gasteiger partial charge >= 0.3 is 5.69 Å². The fourth-order valence-corrected chi connectivity index (χ4v) is 2.60. The van der Waals surface area contributed by atoms with Gasteiger partial charge in [0.15, 0.2) is 0 Å².